The summed E-state index contributed by atoms with van der Waals surface area (Å²) in [7, 11) is 0. The summed E-state index contributed by atoms with van der Waals surface area (Å²) in [4.78, 5) is 80.5. The number of carboxylic acid groups (broad SMARTS) is 1. The van der Waals surface area contributed by atoms with E-state index in [2.05, 4.69) is 54.6 Å². The normalized spacial score (nSPS) is 17.1. The number of carboxylic acids is 1. The summed E-state index contributed by atoms with van der Waals surface area (Å²) in [5, 5.41) is 13.5. The summed E-state index contributed by atoms with van der Waals surface area (Å²) >= 11 is 0. The van der Waals surface area contributed by atoms with Gasteiger partial charge in [0.2, 0.25) is 11.9 Å². The Morgan fingerprint density at radius 2 is 0.910 bits per heavy atom. The molecular weight excluding hydrogens is 1140 g/mol. The number of hydrogen-bond donors (Lipinski definition) is 2. The van der Waals surface area contributed by atoms with Gasteiger partial charge in [0, 0.05) is 84.4 Å². The zero-order chi connectivity index (χ0) is 63.0. The molecule has 4 aliphatic heterocycles. The Kier molecular flexibility index (Phi) is 18.2. The predicted molar refractivity (Wildman–Crippen MR) is 340 cm³/mol. The lowest BCUT2D eigenvalue weighted by atomic mass is 9.95. The first-order valence-electron chi connectivity index (χ1n) is 31.1. The van der Waals surface area contributed by atoms with Gasteiger partial charge in [-0.3, -0.25) is 23.5 Å². The van der Waals surface area contributed by atoms with Gasteiger partial charge >= 0.3 is 5.97 Å². The molecule has 16 nitrogen and oxygen atoms in total. The number of amides is 1. The zero-order valence-electron chi connectivity index (χ0n) is 51.6. The quantitative estimate of drug-likeness (QED) is 0.117. The van der Waals surface area contributed by atoms with Gasteiger partial charge < -0.3 is 30.0 Å². The number of pyridine rings is 2. The number of aromatic carboxylic acids is 1. The van der Waals surface area contributed by atoms with E-state index in [1.807, 2.05) is 24.8 Å². The fourth-order valence-corrected chi connectivity index (χ4v) is 12.9. The van der Waals surface area contributed by atoms with Crippen LogP contribution in [-0.4, -0.2) is 127 Å². The van der Waals surface area contributed by atoms with Crippen molar-refractivity contribution in [2.75, 3.05) is 68.7 Å². The largest absolute Gasteiger partial charge is 0.478 e. The summed E-state index contributed by atoms with van der Waals surface area (Å²) in [6.45, 7) is 22.2. The van der Waals surface area contributed by atoms with E-state index in [4.69, 9.17) is 19.9 Å². The van der Waals surface area contributed by atoms with E-state index in [9.17, 15) is 24.3 Å². The van der Waals surface area contributed by atoms with Crippen molar-refractivity contribution in [3.8, 4) is 33.9 Å². The molecule has 2 N–H and O–H groups in total. The van der Waals surface area contributed by atoms with E-state index in [-0.39, 0.29) is 28.2 Å². The molecule has 0 unspecified atom stereocenters. The number of fused-ring (bicyclic) bond motifs is 2. The number of nitrogens with zero attached hydrogens (tertiary/aromatic N) is 10. The second-order valence-corrected chi connectivity index (χ2v) is 25.9. The fourth-order valence-electron chi connectivity index (χ4n) is 12.9. The minimum absolute atomic E-state index is 0.0544. The minimum atomic E-state index is -1.09. The molecular formula is C69H77F4N11O5. The van der Waals surface area contributed by atoms with Crippen LogP contribution in [0.15, 0.2) is 107 Å². The SMILES string of the molecule is Cc1ccc(C(=O)NCC(C)(C)C)cc1-c1nc(N2CCC(N3CCC(C)CC3)CC2)nc2c1ccc(=O)n2-c1c(F)cccc1F.Cc1ccc(C(=O)O)cc1-c1nc(N2CCC(N3CCC(C)CC3)CC2)nc2c1ccc(=O)n2-c1c(F)cccc1F. The maximum atomic E-state index is 15.2. The van der Waals surface area contributed by atoms with Gasteiger partial charge in [0.05, 0.1) is 17.0 Å². The summed E-state index contributed by atoms with van der Waals surface area (Å²) in [5.74, 6) is -2.59. The molecule has 0 radical (unpaired) electrons. The first-order chi connectivity index (χ1) is 42.6. The van der Waals surface area contributed by atoms with E-state index in [1.54, 1.807) is 24.3 Å². The van der Waals surface area contributed by atoms with Gasteiger partial charge in [-0.2, -0.15) is 9.97 Å². The van der Waals surface area contributed by atoms with Crippen LogP contribution in [0.2, 0.25) is 0 Å². The second kappa shape index (κ2) is 26.0. The topological polar surface area (TPSA) is 175 Å². The Bertz CT molecular complexity index is 4060. The lowest BCUT2D eigenvalue weighted by Gasteiger charge is -2.41. The number of likely N-dealkylation sites (tertiary alicyclic amines) is 2. The van der Waals surface area contributed by atoms with Gasteiger partial charge in [0.15, 0.2) is 11.3 Å². The number of para-hydroxylation sites is 2. The molecule has 0 aliphatic carbocycles. The molecule has 0 saturated carbocycles. The van der Waals surface area contributed by atoms with Crippen LogP contribution < -0.4 is 26.2 Å². The second-order valence-electron chi connectivity index (χ2n) is 25.9. The number of aryl methyl sites for hydroxylation is 2. The summed E-state index contributed by atoms with van der Waals surface area (Å²) in [6, 6.07) is 23.7. The number of carbonyl (C=O) groups is 2. The molecule has 12 rings (SSSR count). The third kappa shape index (κ3) is 13.3. The number of nitrogens with one attached hydrogen (secondary N) is 1. The lowest BCUT2D eigenvalue weighted by Crippen LogP contribution is -2.48. The van der Waals surface area contributed by atoms with E-state index in [0.29, 0.717) is 95.6 Å². The number of piperidine rings is 4. The van der Waals surface area contributed by atoms with Crippen LogP contribution in [0.25, 0.3) is 56.0 Å². The molecule has 89 heavy (non-hydrogen) atoms. The highest BCUT2D eigenvalue weighted by molar-refractivity contribution is 5.99. The number of carbonyl (C=O) groups excluding carboxylic acids is 1. The molecule has 8 aromatic rings. The van der Waals surface area contributed by atoms with E-state index in [0.717, 1.165) is 108 Å². The van der Waals surface area contributed by atoms with Crippen molar-refractivity contribution >= 4 is 45.8 Å². The maximum Gasteiger partial charge on any atom is 0.335 e. The van der Waals surface area contributed by atoms with Crippen molar-refractivity contribution in [2.24, 2.45) is 17.3 Å². The first kappa shape index (κ1) is 62.3. The van der Waals surface area contributed by atoms with Gasteiger partial charge in [-0.1, -0.05) is 58.9 Å². The Hall–Kier alpha value is -8.36. The van der Waals surface area contributed by atoms with Crippen molar-refractivity contribution in [3.63, 3.8) is 0 Å². The number of halogens is 4. The van der Waals surface area contributed by atoms with Gasteiger partial charge in [0.1, 0.15) is 34.6 Å². The summed E-state index contributed by atoms with van der Waals surface area (Å²) < 4.78 is 62.5. The van der Waals surface area contributed by atoms with Crippen LogP contribution in [0.1, 0.15) is 118 Å². The number of rotatable bonds is 11. The Morgan fingerprint density at radius 1 is 0.528 bits per heavy atom. The fraction of sp³-hybridized carbons (Fsp3) is 0.420. The molecule has 0 bridgehead atoms. The Morgan fingerprint density at radius 3 is 1.29 bits per heavy atom. The zero-order valence-corrected chi connectivity index (χ0v) is 51.6. The number of anilines is 2. The lowest BCUT2D eigenvalue weighted by molar-refractivity contribution is 0.0696. The van der Waals surface area contributed by atoms with Crippen molar-refractivity contribution < 1.29 is 32.3 Å². The molecule has 4 saturated heterocycles. The molecule has 8 heterocycles. The van der Waals surface area contributed by atoms with Crippen LogP contribution in [0.4, 0.5) is 29.5 Å². The summed E-state index contributed by atoms with van der Waals surface area (Å²) in [6.07, 6.45) is 8.56. The van der Waals surface area contributed by atoms with E-state index in [1.165, 1.54) is 68.1 Å². The number of aromatic nitrogens is 6. The third-order valence-corrected chi connectivity index (χ3v) is 18.2. The average Bonchev–Trinajstić information content (AvgIpc) is 0.888. The number of hydrogen-bond acceptors (Lipinski definition) is 12. The van der Waals surface area contributed by atoms with Crippen LogP contribution in [-0.2, 0) is 0 Å². The van der Waals surface area contributed by atoms with Crippen molar-refractivity contribution in [1.29, 1.82) is 0 Å². The van der Waals surface area contributed by atoms with Gasteiger partial charge in [-0.05, 0) is 180 Å². The Labute approximate surface area is 515 Å². The Balaban J connectivity index is 0.000000185. The van der Waals surface area contributed by atoms with Crippen LogP contribution in [0.3, 0.4) is 0 Å². The van der Waals surface area contributed by atoms with Crippen LogP contribution in [0.5, 0.6) is 0 Å². The molecule has 4 aromatic heterocycles. The third-order valence-electron chi connectivity index (χ3n) is 18.2. The molecule has 4 fully saturated rings. The van der Waals surface area contributed by atoms with Crippen LogP contribution in [0, 0.1) is 54.4 Å². The monoisotopic (exact) mass is 1220 g/mol. The van der Waals surface area contributed by atoms with Crippen molar-refractivity contribution in [3.05, 3.63) is 163 Å². The average molecular weight is 1220 g/mol. The molecule has 4 aliphatic rings. The van der Waals surface area contributed by atoms with Crippen molar-refractivity contribution in [1.82, 2.24) is 44.2 Å². The van der Waals surface area contributed by atoms with Crippen LogP contribution >= 0.6 is 0 Å². The molecule has 0 atom stereocenters. The van der Waals surface area contributed by atoms with E-state index < -0.39 is 51.7 Å². The maximum absolute atomic E-state index is 15.2. The van der Waals surface area contributed by atoms with Gasteiger partial charge in [-0.15, -0.1) is 0 Å². The highest BCUT2D eigenvalue weighted by atomic mass is 19.1. The predicted octanol–water partition coefficient (Wildman–Crippen LogP) is 11.9. The molecule has 4 aromatic carbocycles. The first-order valence-corrected chi connectivity index (χ1v) is 31.1. The summed E-state index contributed by atoms with van der Waals surface area (Å²) in [5.41, 5.74) is 2.09. The van der Waals surface area contributed by atoms with E-state index >= 15 is 17.6 Å². The molecule has 466 valence electrons. The minimum Gasteiger partial charge on any atom is -0.478 e. The smallest absolute Gasteiger partial charge is 0.335 e. The van der Waals surface area contributed by atoms with Gasteiger partial charge in [-0.25, -0.2) is 32.3 Å². The molecule has 0 spiro atoms. The standard InChI is InChI=1S/C37H44F2N6O2.C32H33F2N5O3/c1-23-13-17-43(18-14-23)26-15-19-44(20-16-26)36-41-32(28-21-25(10-9-24(28)2)35(47)40-22-37(3,4)5)27-11-12-31(46)45(34(27)42-36)33-29(38)7-6-8-30(33)39;1-19-10-14-37(15-11-19)22-12-16-38(17-13-22)32-35-28(24-18-21(31(41)42)7-6-20(24)2)23-8-9-27(40)39(30(23)36-32)29-25(33)4-3-5-26(29)34/h6-12,21,23,26H,13-20,22H2,1-5H3,(H,40,47);3-9,18-19,22H,10-17H2,1-2H3,(H,41,42). The molecule has 1 amide bonds. The van der Waals surface area contributed by atoms with Crippen molar-refractivity contribution in [2.45, 2.75) is 112 Å². The highest BCUT2D eigenvalue weighted by Crippen LogP contribution is 2.37. The highest BCUT2D eigenvalue weighted by Gasteiger charge is 2.32. The van der Waals surface area contributed by atoms with Gasteiger partial charge in [0.25, 0.3) is 17.0 Å². The molecule has 20 heteroatoms. The number of benzene rings is 4.